The van der Waals surface area contributed by atoms with Crippen molar-refractivity contribution in [3.05, 3.63) is 72.3 Å². The maximum Gasteiger partial charge on any atom is 0.318 e. The zero-order valence-corrected chi connectivity index (χ0v) is 13.9. The molecule has 0 aromatic heterocycles. The number of urea groups is 1. The molecule has 0 aliphatic heterocycles. The fourth-order valence-electron chi connectivity index (χ4n) is 2.69. The number of hydrogen-bond donors (Lipinski definition) is 3. The number of amides is 3. The predicted molar refractivity (Wildman–Crippen MR) is 101 cm³/mol. The molecule has 0 aliphatic rings. The summed E-state index contributed by atoms with van der Waals surface area (Å²) in [5, 5.41) is 10.2. The van der Waals surface area contributed by atoms with Gasteiger partial charge in [0, 0.05) is 18.4 Å². The lowest BCUT2D eigenvalue weighted by Gasteiger charge is -2.10. The molecule has 0 unspecified atom stereocenters. The molecule has 0 radical (unpaired) electrons. The van der Waals surface area contributed by atoms with Crippen LogP contribution in [0.25, 0.3) is 10.8 Å². The summed E-state index contributed by atoms with van der Waals surface area (Å²) < 4.78 is 0. The predicted octanol–water partition coefficient (Wildman–Crippen LogP) is 3.77. The highest BCUT2D eigenvalue weighted by atomic mass is 16.2. The Morgan fingerprint density at radius 2 is 1.52 bits per heavy atom. The Bertz CT molecular complexity index is 916. The normalized spacial score (nSPS) is 10.3. The standard InChI is InChI=1S/C20H19N3O2/c1-21-20(25)23-17-10-5-9-16(13-17)22-19(24)12-15-8-4-7-14-6-2-3-11-18(14)15/h2-11,13H,12H2,1H3,(H,22,24)(H2,21,23,25). The zero-order chi connectivity index (χ0) is 17.6. The van der Waals surface area contributed by atoms with Gasteiger partial charge in [-0.25, -0.2) is 4.79 Å². The van der Waals surface area contributed by atoms with Gasteiger partial charge in [0.25, 0.3) is 0 Å². The van der Waals surface area contributed by atoms with Crippen molar-refractivity contribution in [2.24, 2.45) is 0 Å². The average molecular weight is 333 g/mol. The second-order valence-electron chi connectivity index (χ2n) is 5.65. The molecule has 0 saturated carbocycles. The van der Waals surface area contributed by atoms with E-state index in [0.717, 1.165) is 16.3 Å². The van der Waals surface area contributed by atoms with Gasteiger partial charge in [-0.1, -0.05) is 48.5 Å². The van der Waals surface area contributed by atoms with Crippen LogP contribution in [0.1, 0.15) is 5.56 Å². The van der Waals surface area contributed by atoms with E-state index >= 15 is 0 Å². The molecule has 3 amide bonds. The van der Waals surface area contributed by atoms with Crippen LogP contribution in [-0.2, 0) is 11.2 Å². The molecule has 0 fully saturated rings. The van der Waals surface area contributed by atoms with E-state index in [1.165, 1.54) is 0 Å². The van der Waals surface area contributed by atoms with E-state index in [1.807, 2.05) is 42.5 Å². The number of fused-ring (bicyclic) bond motifs is 1. The number of carbonyl (C=O) groups is 2. The molecule has 0 aliphatic carbocycles. The highest BCUT2D eigenvalue weighted by molar-refractivity contribution is 5.97. The Balaban J connectivity index is 1.72. The largest absolute Gasteiger partial charge is 0.341 e. The van der Waals surface area contributed by atoms with Gasteiger partial charge in [-0.2, -0.15) is 0 Å². The first-order chi connectivity index (χ1) is 12.2. The lowest BCUT2D eigenvalue weighted by molar-refractivity contribution is -0.115. The summed E-state index contributed by atoms with van der Waals surface area (Å²) in [6, 6.07) is 20.7. The van der Waals surface area contributed by atoms with E-state index < -0.39 is 0 Å². The van der Waals surface area contributed by atoms with Crippen molar-refractivity contribution in [3.63, 3.8) is 0 Å². The average Bonchev–Trinajstić information content (AvgIpc) is 2.62. The fourth-order valence-corrected chi connectivity index (χ4v) is 2.69. The molecule has 3 N–H and O–H groups in total. The molecule has 3 aromatic carbocycles. The van der Waals surface area contributed by atoms with Gasteiger partial charge in [-0.3, -0.25) is 4.79 Å². The van der Waals surface area contributed by atoms with E-state index in [0.29, 0.717) is 11.4 Å². The van der Waals surface area contributed by atoms with E-state index in [2.05, 4.69) is 16.0 Å². The van der Waals surface area contributed by atoms with Crippen LogP contribution in [0.3, 0.4) is 0 Å². The molecular formula is C20H19N3O2. The third-order valence-corrected chi connectivity index (χ3v) is 3.86. The summed E-state index contributed by atoms with van der Waals surface area (Å²) in [6.45, 7) is 0. The van der Waals surface area contributed by atoms with Crippen LogP contribution < -0.4 is 16.0 Å². The van der Waals surface area contributed by atoms with Crippen molar-refractivity contribution >= 4 is 34.1 Å². The van der Waals surface area contributed by atoms with E-state index in [9.17, 15) is 9.59 Å². The Kier molecular flexibility index (Phi) is 4.95. The molecule has 0 bridgehead atoms. The fraction of sp³-hybridized carbons (Fsp3) is 0.100. The van der Waals surface area contributed by atoms with Crippen molar-refractivity contribution in [3.8, 4) is 0 Å². The first-order valence-electron chi connectivity index (χ1n) is 8.01. The topological polar surface area (TPSA) is 70.2 Å². The Labute approximate surface area is 146 Å². The van der Waals surface area contributed by atoms with Crippen molar-refractivity contribution < 1.29 is 9.59 Å². The Morgan fingerprint density at radius 1 is 0.840 bits per heavy atom. The summed E-state index contributed by atoms with van der Waals surface area (Å²) in [5.74, 6) is -0.103. The van der Waals surface area contributed by atoms with E-state index in [4.69, 9.17) is 0 Å². The van der Waals surface area contributed by atoms with Crippen LogP contribution in [0.5, 0.6) is 0 Å². The van der Waals surface area contributed by atoms with Crippen LogP contribution in [0.2, 0.25) is 0 Å². The van der Waals surface area contributed by atoms with Gasteiger partial charge in [-0.15, -0.1) is 0 Å². The molecule has 0 heterocycles. The minimum Gasteiger partial charge on any atom is -0.341 e. The van der Waals surface area contributed by atoms with Crippen molar-refractivity contribution in [1.82, 2.24) is 5.32 Å². The first-order valence-corrected chi connectivity index (χ1v) is 8.01. The summed E-state index contributed by atoms with van der Waals surface area (Å²) in [6.07, 6.45) is 0.286. The number of hydrogen-bond acceptors (Lipinski definition) is 2. The van der Waals surface area contributed by atoms with Crippen LogP contribution in [0.4, 0.5) is 16.2 Å². The molecule has 0 spiro atoms. The monoisotopic (exact) mass is 333 g/mol. The minimum atomic E-state index is -0.306. The maximum atomic E-state index is 12.4. The SMILES string of the molecule is CNC(=O)Nc1cccc(NC(=O)Cc2cccc3ccccc23)c1. The van der Waals surface area contributed by atoms with Crippen molar-refractivity contribution in [1.29, 1.82) is 0 Å². The van der Waals surface area contributed by atoms with Gasteiger partial charge in [0.05, 0.1) is 6.42 Å². The number of carbonyl (C=O) groups excluding carboxylic acids is 2. The minimum absolute atomic E-state index is 0.103. The van der Waals surface area contributed by atoms with Crippen LogP contribution in [0, 0.1) is 0 Å². The zero-order valence-electron chi connectivity index (χ0n) is 13.9. The second-order valence-corrected chi connectivity index (χ2v) is 5.65. The summed E-state index contributed by atoms with van der Waals surface area (Å²) in [7, 11) is 1.55. The van der Waals surface area contributed by atoms with Gasteiger partial charge in [-0.05, 0) is 34.5 Å². The lowest BCUT2D eigenvalue weighted by atomic mass is 10.0. The quantitative estimate of drug-likeness (QED) is 0.680. The van der Waals surface area contributed by atoms with E-state index in [1.54, 1.807) is 31.3 Å². The Morgan fingerprint density at radius 3 is 2.32 bits per heavy atom. The molecule has 3 aromatic rings. The van der Waals surface area contributed by atoms with Crippen molar-refractivity contribution in [2.75, 3.05) is 17.7 Å². The van der Waals surface area contributed by atoms with Gasteiger partial charge < -0.3 is 16.0 Å². The molecule has 25 heavy (non-hydrogen) atoms. The molecule has 0 atom stereocenters. The lowest BCUT2D eigenvalue weighted by Crippen LogP contribution is -2.24. The highest BCUT2D eigenvalue weighted by Crippen LogP contribution is 2.20. The molecule has 5 heteroatoms. The molecule has 5 nitrogen and oxygen atoms in total. The van der Waals surface area contributed by atoms with E-state index in [-0.39, 0.29) is 18.4 Å². The number of nitrogens with one attached hydrogen (secondary N) is 3. The number of rotatable bonds is 4. The third-order valence-electron chi connectivity index (χ3n) is 3.86. The summed E-state index contributed by atoms with van der Waals surface area (Å²) in [4.78, 5) is 23.8. The molecule has 0 saturated heterocycles. The van der Waals surface area contributed by atoms with Crippen LogP contribution >= 0.6 is 0 Å². The van der Waals surface area contributed by atoms with Crippen molar-refractivity contribution in [2.45, 2.75) is 6.42 Å². The van der Waals surface area contributed by atoms with Crippen LogP contribution in [-0.4, -0.2) is 19.0 Å². The molecule has 126 valence electrons. The van der Waals surface area contributed by atoms with Gasteiger partial charge in [0.1, 0.15) is 0 Å². The maximum absolute atomic E-state index is 12.4. The smallest absolute Gasteiger partial charge is 0.318 e. The molecule has 3 rings (SSSR count). The van der Waals surface area contributed by atoms with Gasteiger partial charge >= 0.3 is 6.03 Å². The van der Waals surface area contributed by atoms with Crippen LogP contribution in [0.15, 0.2) is 66.7 Å². The number of benzene rings is 3. The number of anilines is 2. The highest BCUT2D eigenvalue weighted by Gasteiger charge is 2.08. The first kappa shape index (κ1) is 16.5. The van der Waals surface area contributed by atoms with Gasteiger partial charge in [0.15, 0.2) is 0 Å². The summed E-state index contributed by atoms with van der Waals surface area (Å²) in [5.41, 5.74) is 2.23. The second kappa shape index (κ2) is 7.49. The summed E-state index contributed by atoms with van der Waals surface area (Å²) >= 11 is 0. The molecular weight excluding hydrogens is 314 g/mol. The van der Waals surface area contributed by atoms with Gasteiger partial charge in [0.2, 0.25) is 5.91 Å². The third kappa shape index (κ3) is 4.14. The Hall–Kier alpha value is -3.34.